The predicted octanol–water partition coefficient (Wildman–Crippen LogP) is 2.76. The van der Waals surface area contributed by atoms with Crippen LogP contribution in [0.2, 0.25) is 0 Å². The minimum Gasteiger partial charge on any atom is -0.442 e. The van der Waals surface area contributed by atoms with E-state index in [1.807, 2.05) is 0 Å². The molecule has 0 aromatic heterocycles. The molecule has 0 aliphatic carbocycles. The lowest BCUT2D eigenvalue weighted by molar-refractivity contribution is -0.0896. The Labute approximate surface area is 140 Å². The van der Waals surface area contributed by atoms with Gasteiger partial charge in [-0.15, -0.1) is 0 Å². The van der Waals surface area contributed by atoms with E-state index in [2.05, 4.69) is 4.99 Å². The van der Waals surface area contributed by atoms with Gasteiger partial charge in [0, 0.05) is 11.4 Å². The Morgan fingerprint density at radius 2 is 1.57 bits per heavy atom. The first-order chi connectivity index (χ1) is 10.1. The number of rotatable bonds is 5. The van der Waals surface area contributed by atoms with Gasteiger partial charge in [0.1, 0.15) is 5.60 Å². The van der Waals surface area contributed by atoms with Gasteiger partial charge in [0.05, 0.1) is 11.2 Å². The molecule has 0 atom stereocenters. The molecule has 7 heteroatoms. The molecular weight excluding hydrogens is 295 g/mol. The lowest BCUT2D eigenvalue weighted by atomic mass is 9.79. The van der Waals surface area contributed by atoms with Crippen molar-refractivity contribution in [3.8, 4) is 0 Å². The van der Waals surface area contributed by atoms with Crippen molar-refractivity contribution in [2.45, 2.75) is 79.1 Å². The molecule has 0 fully saturated rings. The van der Waals surface area contributed by atoms with E-state index in [1.54, 1.807) is 62.3 Å². The van der Waals surface area contributed by atoms with E-state index in [0.717, 1.165) is 0 Å². The molecule has 0 aliphatic rings. The van der Waals surface area contributed by atoms with Crippen molar-refractivity contribution in [1.29, 1.82) is 0 Å². The van der Waals surface area contributed by atoms with Crippen LogP contribution in [0, 0.1) is 0 Å². The van der Waals surface area contributed by atoms with Gasteiger partial charge in [0.25, 0.3) is 0 Å². The molecule has 0 aliphatic heterocycles. The fraction of sp³-hybridized carbons (Fsp3) is 0.750. The number of amides is 1. The molecule has 6 nitrogen and oxygen atoms in total. The second kappa shape index (κ2) is 7.49. The largest absolute Gasteiger partial charge is 0.442 e. The van der Waals surface area contributed by atoms with Crippen molar-refractivity contribution in [3.05, 3.63) is 11.2 Å². The third kappa shape index (κ3) is 7.66. The third-order valence-electron chi connectivity index (χ3n) is 3.41. The minimum atomic E-state index is -1.06. The molecule has 0 saturated heterocycles. The molecule has 1 amide bonds. The van der Waals surface area contributed by atoms with E-state index in [9.17, 15) is 9.90 Å². The first-order valence-corrected chi connectivity index (χ1v) is 7.55. The molecule has 0 aromatic rings. The molecule has 1 radical (unpaired) electrons. The Balaban J connectivity index is 5.17. The second-order valence-corrected chi connectivity index (χ2v) is 7.58. The maximum absolute atomic E-state index is 11.8. The summed E-state index contributed by atoms with van der Waals surface area (Å²) in [4.78, 5) is 15.7. The van der Waals surface area contributed by atoms with Gasteiger partial charge in [0.2, 0.25) is 0 Å². The summed E-state index contributed by atoms with van der Waals surface area (Å²) in [5.41, 5.74) is 4.63. The first-order valence-electron chi connectivity index (χ1n) is 7.55. The van der Waals surface area contributed by atoms with Gasteiger partial charge in [-0.3, -0.25) is 0 Å². The van der Waals surface area contributed by atoms with Crippen LogP contribution in [-0.2, 0) is 9.39 Å². The summed E-state index contributed by atoms with van der Waals surface area (Å²) in [6.07, 6.45) is -0.691. The van der Waals surface area contributed by atoms with Crippen LogP contribution in [0.15, 0.2) is 16.2 Å². The van der Waals surface area contributed by atoms with Crippen molar-refractivity contribution in [3.63, 3.8) is 0 Å². The van der Waals surface area contributed by atoms with Gasteiger partial charge in [-0.2, -0.15) is 4.99 Å². The van der Waals surface area contributed by atoms with Gasteiger partial charge < -0.3 is 20.2 Å². The van der Waals surface area contributed by atoms with Gasteiger partial charge >= 0.3 is 13.6 Å². The molecule has 23 heavy (non-hydrogen) atoms. The molecule has 0 spiro atoms. The Kier molecular flexibility index (Phi) is 7.05. The highest BCUT2D eigenvalue weighted by molar-refractivity contribution is 6.49. The maximum Gasteiger partial charge on any atom is 0.434 e. The molecule has 0 saturated carbocycles. The number of hydrogen-bond acceptors (Lipinski definition) is 5. The Morgan fingerprint density at radius 3 is 1.91 bits per heavy atom. The van der Waals surface area contributed by atoms with Crippen LogP contribution < -0.4 is 5.73 Å². The van der Waals surface area contributed by atoms with Crippen LogP contribution >= 0.6 is 0 Å². The summed E-state index contributed by atoms with van der Waals surface area (Å²) in [7, 11) is 1.41. The molecule has 0 aromatic carbocycles. The minimum absolute atomic E-state index is 0.380. The molecule has 0 unspecified atom stereocenters. The van der Waals surface area contributed by atoms with Crippen LogP contribution in [0.25, 0.3) is 0 Å². The summed E-state index contributed by atoms with van der Waals surface area (Å²) < 4.78 is 10.8. The smallest absolute Gasteiger partial charge is 0.434 e. The Morgan fingerprint density at radius 1 is 1.09 bits per heavy atom. The summed E-state index contributed by atoms with van der Waals surface area (Å²) >= 11 is 0. The molecule has 3 N–H and O–H groups in total. The first kappa shape index (κ1) is 21.7. The standard InChI is InChI=1S/C16H30BN2O4/c1-10(18)12(17-23-16(8,9)15(6,7)21)11(2)19-13(20)22-14(3,4)5/h21H,18H2,1-9H3/b12-10+,19-11+. The number of nitrogens with two attached hydrogens (primary N) is 1. The summed E-state index contributed by atoms with van der Waals surface area (Å²) in [5.74, 6) is 0. The average Bonchev–Trinajstić information content (AvgIpc) is 2.23. The highest BCUT2D eigenvalue weighted by Crippen LogP contribution is 2.25. The monoisotopic (exact) mass is 325 g/mol. The van der Waals surface area contributed by atoms with Gasteiger partial charge in [0.15, 0.2) is 0 Å². The van der Waals surface area contributed by atoms with Crippen LogP contribution in [0.3, 0.4) is 0 Å². The Bertz CT molecular complexity index is 493. The highest BCUT2D eigenvalue weighted by Gasteiger charge is 2.36. The van der Waals surface area contributed by atoms with Crippen molar-refractivity contribution >= 4 is 19.3 Å². The molecular formula is C16H30BN2O4. The van der Waals surface area contributed by atoms with Crippen molar-refractivity contribution in [1.82, 2.24) is 0 Å². The van der Waals surface area contributed by atoms with E-state index in [4.69, 9.17) is 15.1 Å². The third-order valence-corrected chi connectivity index (χ3v) is 3.41. The average molecular weight is 325 g/mol. The number of hydrogen-bond donors (Lipinski definition) is 2. The summed E-state index contributed by atoms with van der Waals surface area (Å²) in [6.45, 7) is 15.4. The number of ether oxygens (including phenoxy) is 1. The van der Waals surface area contributed by atoms with Gasteiger partial charge in [-0.05, 0) is 67.8 Å². The van der Waals surface area contributed by atoms with E-state index < -0.39 is 22.9 Å². The van der Waals surface area contributed by atoms with E-state index in [0.29, 0.717) is 16.9 Å². The lowest BCUT2D eigenvalue weighted by Gasteiger charge is -2.37. The fourth-order valence-electron chi connectivity index (χ4n) is 1.30. The maximum atomic E-state index is 11.8. The number of aliphatic imine (C=N–C) groups is 1. The molecule has 0 rings (SSSR count). The van der Waals surface area contributed by atoms with Gasteiger partial charge in [-0.25, -0.2) is 4.79 Å². The number of aliphatic hydroxyl groups is 1. The quantitative estimate of drug-likeness (QED) is 0.599. The highest BCUT2D eigenvalue weighted by atomic mass is 16.6. The normalized spacial score (nSPS) is 15.1. The number of nitrogens with zero attached hydrogens (tertiary/aromatic N) is 1. The Hall–Kier alpha value is -1.34. The van der Waals surface area contributed by atoms with E-state index in [1.165, 1.54) is 7.48 Å². The fourth-order valence-corrected chi connectivity index (χ4v) is 1.30. The van der Waals surface area contributed by atoms with Crippen molar-refractivity contribution < 1.29 is 19.3 Å². The van der Waals surface area contributed by atoms with Crippen LogP contribution in [0.4, 0.5) is 4.79 Å². The number of allylic oxidation sites excluding steroid dienone is 2. The number of carbonyl (C=O) groups is 1. The van der Waals surface area contributed by atoms with Gasteiger partial charge in [-0.1, -0.05) is 0 Å². The zero-order chi connectivity index (χ0) is 18.6. The van der Waals surface area contributed by atoms with Crippen molar-refractivity contribution in [2.24, 2.45) is 10.7 Å². The summed E-state index contributed by atoms with van der Waals surface area (Å²) in [5, 5.41) is 10.1. The second-order valence-electron chi connectivity index (χ2n) is 7.58. The lowest BCUT2D eigenvalue weighted by Crippen LogP contribution is -2.48. The molecule has 131 valence electrons. The topological polar surface area (TPSA) is 94.1 Å². The molecule has 0 heterocycles. The van der Waals surface area contributed by atoms with E-state index in [-0.39, 0.29) is 0 Å². The van der Waals surface area contributed by atoms with Crippen LogP contribution in [0.1, 0.15) is 62.3 Å². The van der Waals surface area contributed by atoms with Crippen molar-refractivity contribution in [2.75, 3.05) is 0 Å². The van der Waals surface area contributed by atoms with Crippen LogP contribution in [-0.4, -0.2) is 41.2 Å². The predicted molar refractivity (Wildman–Crippen MR) is 93.4 cm³/mol. The SMILES string of the molecule is C/C(N)=C([B]OC(C)(C)C(C)(C)O)/C(C)=N/C(=O)OC(C)(C)C. The van der Waals surface area contributed by atoms with Crippen LogP contribution in [0.5, 0.6) is 0 Å². The molecule has 0 bridgehead atoms. The zero-order valence-electron chi connectivity index (χ0n) is 15.8. The number of carbonyl (C=O) groups excluding carboxylic acids is 1. The zero-order valence-corrected chi connectivity index (χ0v) is 15.8. The van der Waals surface area contributed by atoms with E-state index >= 15 is 0 Å². The summed E-state index contributed by atoms with van der Waals surface area (Å²) in [6, 6.07) is 0.